The van der Waals surface area contributed by atoms with Gasteiger partial charge < -0.3 is 9.84 Å². The lowest BCUT2D eigenvalue weighted by atomic mass is 9.76. The number of aliphatic hydroxyl groups excluding tert-OH is 1. The Balaban J connectivity index is 2.23. The van der Waals surface area contributed by atoms with Crippen molar-refractivity contribution in [1.82, 2.24) is 9.78 Å². The minimum Gasteiger partial charge on any atom is -0.396 e. The van der Waals surface area contributed by atoms with Gasteiger partial charge in [0.1, 0.15) is 5.15 Å². The standard InChI is InChI=1S/C12H19ClN2O2/c1-9-10(11(13)15(2)14-9)7-12(8-16)3-5-17-6-4-12/h16H,3-8H2,1-2H3. The van der Waals surface area contributed by atoms with Gasteiger partial charge in [-0.3, -0.25) is 4.68 Å². The van der Waals surface area contributed by atoms with Gasteiger partial charge in [0, 0.05) is 37.8 Å². The average molecular weight is 259 g/mol. The van der Waals surface area contributed by atoms with Crippen LogP contribution in [0.25, 0.3) is 0 Å². The summed E-state index contributed by atoms with van der Waals surface area (Å²) in [5.41, 5.74) is 1.93. The van der Waals surface area contributed by atoms with Gasteiger partial charge in [0.25, 0.3) is 0 Å². The van der Waals surface area contributed by atoms with Crippen molar-refractivity contribution in [3.8, 4) is 0 Å². The van der Waals surface area contributed by atoms with Crippen molar-refractivity contribution in [2.24, 2.45) is 12.5 Å². The molecule has 0 spiro atoms. The molecule has 5 heteroatoms. The van der Waals surface area contributed by atoms with Gasteiger partial charge in [-0.15, -0.1) is 0 Å². The second-order valence-corrected chi connectivity index (χ2v) is 5.28. The summed E-state index contributed by atoms with van der Waals surface area (Å²) in [5, 5.41) is 14.7. The van der Waals surface area contributed by atoms with Crippen LogP contribution in [-0.4, -0.2) is 34.7 Å². The van der Waals surface area contributed by atoms with Crippen LogP contribution >= 0.6 is 11.6 Å². The van der Waals surface area contributed by atoms with Crippen LogP contribution in [0.2, 0.25) is 5.15 Å². The quantitative estimate of drug-likeness (QED) is 0.898. The van der Waals surface area contributed by atoms with E-state index in [4.69, 9.17) is 16.3 Å². The van der Waals surface area contributed by atoms with Gasteiger partial charge in [-0.05, 0) is 26.2 Å². The number of hydrogen-bond donors (Lipinski definition) is 1. The Morgan fingerprint density at radius 1 is 1.47 bits per heavy atom. The third-order valence-corrected chi connectivity index (χ3v) is 4.18. The molecular formula is C12H19ClN2O2. The maximum atomic E-state index is 9.67. The molecule has 17 heavy (non-hydrogen) atoms. The number of aromatic nitrogens is 2. The van der Waals surface area contributed by atoms with Gasteiger partial charge in [0.05, 0.1) is 5.69 Å². The minimum atomic E-state index is -0.0876. The Bertz CT molecular complexity index is 397. The van der Waals surface area contributed by atoms with E-state index in [1.165, 1.54) is 0 Å². The Hall–Kier alpha value is -0.580. The fraction of sp³-hybridized carbons (Fsp3) is 0.750. The lowest BCUT2D eigenvalue weighted by molar-refractivity contribution is -0.0158. The lowest BCUT2D eigenvalue weighted by Gasteiger charge is -2.35. The Morgan fingerprint density at radius 2 is 2.12 bits per heavy atom. The molecule has 1 saturated heterocycles. The van der Waals surface area contributed by atoms with Gasteiger partial charge in [0.2, 0.25) is 0 Å². The smallest absolute Gasteiger partial charge is 0.130 e. The number of aliphatic hydroxyl groups is 1. The topological polar surface area (TPSA) is 47.3 Å². The summed E-state index contributed by atoms with van der Waals surface area (Å²) in [6, 6.07) is 0. The SMILES string of the molecule is Cc1nn(C)c(Cl)c1CC1(CO)CCOCC1. The summed E-state index contributed by atoms with van der Waals surface area (Å²) in [6.45, 7) is 3.58. The summed E-state index contributed by atoms with van der Waals surface area (Å²) < 4.78 is 7.06. The van der Waals surface area contributed by atoms with Crippen molar-refractivity contribution in [2.45, 2.75) is 26.2 Å². The summed E-state index contributed by atoms with van der Waals surface area (Å²) in [5.74, 6) is 0. The predicted octanol–water partition coefficient (Wildman–Crippen LogP) is 1.71. The van der Waals surface area contributed by atoms with E-state index >= 15 is 0 Å². The Labute approximate surface area is 107 Å². The van der Waals surface area contributed by atoms with E-state index in [-0.39, 0.29) is 12.0 Å². The van der Waals surface area contributed by atoms with E-state index in [0.29, 0.717) is 5.15 Å². The van der Waals surface area contributed by atoms with Crippen LogP contribution in [0, 0.1) is 12.3 Å². The third-order valence-electron chi connectivity index (χ3n) is 3.71. The number of hydrogen-bond acceptors (Lipinski definition) is 3. The molecule has 1 aromatic heterocycles. The van der Waals surface area contributed by atoms with Crippen molar-refractivity contribution in [3.63, 3.8) is 0 Å². The van der Waals surface area contributed by atoms with Crippen LogP contribution in [0.4, 0.5) is 0 Å². The Kier molecular flexibility index (Phi) is 3.76. The molecule has 1 aliphatic heterocycles. The van der Waals surface area contributed by atoms with Crippen molar-refractivity contribution in [3.05, 3.63) is 16.4 Å². The lowest BCUT2D eigenvalue weighted by Crippen LogP contribution is -2.35. The maximum Gasteiger partial charge on any atom is 0.130 e. The first kappa shape index (κ1) is 12.9. The fourth-order valence-corrected chi connectivity index (χ4v) is 2.69. The van der Waals surface area contributed by atoms with Crippen LogP contribution in [0.5, 0.6) is 0 Å². The van der Waals surface area contributed by atoms with Crippen molar-refractivity contribution < 1.29 is 9.84 Å². The molecule has 1 aromatic rings. The highest BCUT2D eigenvalue weighted by atomic mass is 35.5. The summed E-state index contributed by atoms with van der Waals surface area (Å²) in [4.78, 5) is 0. The van der Waals surface area contributed by atoms with Gasteiger partial charge in [0.15, 0.2) is 0 Å². The molecule has 2 rings (SSSR count). The van der Waals surface area contributed by atoms with E-state index < -0.39 is 0 Å². The van der Waals surface area contributed by atoms with E-state index in [2.05, 4.69) is 5.10 Å². The predicted molar refractivity (Wildman–Crippen MR) is 66.2 cm³/mol. The zero-order chi connectivity index (χ0) is 12.5. The second kappa shape index (κ2) is 4.96. The van der Waals surface area contributed by atoms with Crippen molar-refractivity contribution in [2.75, 3.05) is 19.8 Å². The first-order valence-electron chi connectivity index (χ1n) is 5.94. The van der Waals surface area contributed by atoms with Crippen LogP contribution in [0.3, 0.4) is 0 Å². The highest BCUT2D eigenvalue weighted by Crippen LogP contribution is 2.36. The molecule has 0 amide bonds. The number of ether oxygens (including phenoxy) is 1. The average Bonchev–Trinajstić information content (AvgIpc) is 2.57. The summed E-state index contributed by atoms with van der Waals surface area (Å²) in [6.07, 6.45) is 2.55. The van der Waals surface area contributed by atoms with Crippen LogP contribution in [-0.2, 0) is 18.2 Å². The van der Waals surface area contributed by atoms with E-state index in [1.807, 2.05) is 14.0 Å². The highest BCUT2D eigenvalue weighted by Gasteiger charge is 2.34. The van der Waals surface area contributed by atoms with Crippen molar-refractivity contribution >= 4 is 11.6 Å². The van der Waals surface area contributed by atoms with E-state index in [1.54, 1.807) is 4.68 Å². The van der Waals surface area contributed by atoms with Crippen LogP contribution in [0.1, 0.15) is 24.1 Å². The molecule has 1 fully saturated rings. The molecule has 96 valence electrons. The molecule has 1 aliphatic rings. The Morgan fingerprint density at radius 3 is 2.59 bits per heavy atom. The fourth-order valence-electron chi connectivity index (χ4n) is 2.44. The monoisotopic (exact) mass is 258 g/mol. The molecule has 0 bridgehead atoms. The second-order valence-electron chi connectivity index (χ2n) is 4.93. The van der Waals surface area contributed by atoms with Gasteiger partial charge in [-0.1, -0.05) is 11.6 Å². The molecule has 2 heterocycles. The molecule has 0 unspecified atom stereocenters. The largest absolute Gasteiger partial charge is 0.396 e. The molecule has 1 N–H and O–H groups in total. The summed E-state index contributed by atoms with van der Waals surface area (Å²) in [7, 11) is 1.84. The molecule has 0 saturated carbocycles. The summed E-state index contributed by atoms with van der Waals surface area (Å²) >= 11 is 6.24. The molecule has 0 atom stereocenters. The van der Waals surface area contributed by atoms with Gasteiger partial charge in [-0.2, -0.15) is 5.10 Å². The number of halogens is 1. The number of aryl methyl sites for hydroxylation is 2. The minimum absolute atomic E-state index is 0.0876. The van der Waals surface area contributed by atoms with Crippen LogP contribution in [0.15, 0.2) is 0 Å². The third kappa shape index (κ3) is 2.49. The van der Waals surface area contributed by atoms with Crippen LogP contribution < -0.4 is 0 Å². The first-order valence-corrected chi connectivity index (χ1v) is 6.32. The maximum absolute atomic E-state index is 9.67. The molecule has 4 nitrogen and oxygen atoms in total. The molecular weight excluding hydrogens is 240 g/mol. The van der Waals surface area contributed by atoms with E-state index in [0.717, 1.165) is 43.7 Å². The zero-order valence-electron chi connectivity index (χ0n) is 10.4. The highest BCUT2D eigenvalue weighted by molar-refractivity contribution is 6.30. The van der Waals surface area contributed by atoms with Gasteiger partial charge >= 0.3 is 0 Å². The molecule has 0 aliphatic carbocycles. The normalized spacial score (nSPS) is 19.5. The number of rotatable bonds is 3. The first-order chi connectivity index (χ1) is 8.08. The van der Waals surface area contributed by atoms with E-state index in [9.17, 15) is 5.11 Å². The van der Waals surface area contributed by atoms with Gasteiger partial charge in [-0.25, -0.2) is 0 Å². The molecule has 0 radical (unpaired) electrons. The zero-order valence-corrected chi connectivity index (χ0v) is 11.1. The van der Waals surface area contributed by atoms with Crippen molar-refractivity contribution in [1.29, 1.82) is 0 Å². The number of nitrogens with zero attached hydrogens (tertiary/aromatic N) is 2. The molecule has 0 aromatic carbocycles.